The minimum atomic E-state index is -3.87. The lowest BCUT2D eigenvalue weighted by Crippen LogP contribution is -2.31. The lowest BCUT2D eigenvalue weighted by molar-refractivity contribution is 0.414. The third-order valence-electron chi connectivity index (χ3n) is 6.29. The second kappa shape index (κ2) is 10.1. The molecule has 0 amide bonds. The van der Waals surface area contributed by atoms with Gasteiger partial charge in [0.15, 0.2) is 0 Å². The van der Waals surface area contributed by atoms with Gasteiger partial charge in [0.25, 0.3) is 10.0 Å². The average Bonchev–Trinajstić information content (AvgIpc) is 3.57. The number of rotatable bonds is 9. The highest BCUT2D eigenvalue weighted by molar-refractivity contribution is 7.92. The number of aromatic nitrogens is 6. The molecule has 0 aliphatic carbocycles. The van der Waals surface area contributed by atoms with E-state index < -0.39 is 10.0 Å². The van der Waals surface area contributed by atoms with Crippen LogP contribution in [0.4, 0.5) is 11.4 Å². The largest absolute Gasteiger partial charge is 0.497 e. The van der Waals surface area contributed by atoms with Gasteiger partial charge in [0.2, 0.25) is 0 Å². The summed E-state index contributed by atoms with van der Waals surface area (Å²) in [6.45, 7) is 0.476. The van der Waals surface area contributed by atoms with Gasteiger partial charge in [-0.3, -0.25) is 4.72 Å². The molecule has 196 valence electrons. The van der Waals surface area contributed by atoms with Gasteiger partial charge in [0.1, 0.15) is 30.1 Å². The molecule has 0 saturated carbocycles. The van der Waals surface area contributed by atoms with Crippen LogP contribution in [0.25, 0.3) is 22.1 Å². The summed E-state index contributed by atoms with van der Waals surface area (Å²) in [6.07, 6.45) is 0. The van der Waals surface area contributed by atoms with Crippen LogP contribution in [0.1, 0.15) is 0 Å². The molecule has 0 fully saturated rings. The summed E-state index contributed by atoms with van der Waals surface area (Å²) >= 11 is 0. The molecule has 0 aliphatic heterocycles. The van der Waals surface area contributed by atoms with Crippen molar-refractivity contribution in [3.63, 3.8) is 0 Å². The zero-order valence-corrected chi connectivity index (χ0v) is 21.7. The fraction of sp³-hybridized carbons (Fsp3) is 0.111. The maximum atomic E-state index is 13.3. The zero-order valence-electron chi connectivity index (χ0n) is 20.9. The lowest BCUT2D eigenvalue weighted by atomic mass is 10.2. The highest BCUT2D eigenvalue weighted by atomic mass is 32.2. The van der Waals surface area contributed by atoms with Gasteiger partial charge >= 0.3 is 0 Å². The summed E-state index contributed by atoms with van der Waals surface area (Å²) in [4.78, 5) is 2.09. The predicted molar refractivity (Wildman–Crippen MR) is 148 cm³/mol. The topological polar surface area (TPSA) is 120 Å². The first-order valence-corrected chi connectivity index (χ1v) is 13.6. The first kappa shape index (κ1) is 24.4. The minimum Gasteiger partial charge on any atom is -0.497 e. The van der Waals surface area contributed by atoms with Crippen molar-refractivity contribution in [2.45, 2.75) is 18.2 Å². The third kappa shape index (κ3) is 4.84. The van der Waals surface area contributed by atoms with E-state index in [2.05, 4.69) is 25.3 Å². The molecule has 6 rings (SSSR count). The molecule has 6 aromatic rings. The third-order valence-corrected chi connectivity index (χ3v) is 7.67. The van der Waals surface area contributed by atoms with Gasteiger partial charge < -0.3 is 9.64 Å². The van der Waals surface area contributed by atoms with Crippen LogP contribution in [-0.4, -0.2) is 45.5 Å². The molecule has 39 heavy (non-hydrogen) atoms. The zero-order chi connectivity index (χ0) is 26.8. The van der Waals surface area contributed by atoms with Crippen molar-refractivity contribution in [1.29, 1.82) is 0 Å². The number of ether oxygens (including phenoxy) is 1. The average molecular weight is 541 g/mol. The molecule has 0 bridgehead atoms. The van der Waals surface area contributed by atoms with Gasteiger partial charge in [0, 0.05) is 6.07 Å². The van der Waals surface area contributed by atoms with Crippen LogP contribution in [0, 0.1) is 0 Å². The summed E-state index contributed by atoms with van der Waals surface area (Å²) in [7, 11) is -2.31. The Kier molecular flexibility index (Phi) is 6.29. The molecule has 0 saturated heterocycles. The fourth-order valence-electron chi connectivity index (χ4n) is 4.35. The summed E-state index contributed by atoms with van der Waals surface area (Å²) in [5, 5.41) is 17.3. The normalized spacial score (nSPS) is 11.6. The number of fused-ring (bicyclic) bond motifs is 2. The van der Waals surface area contributed by atoms with E-state index in [9.17, 15) is 8.42 Å². The van der Waals surface area contributed by atoms with Gasteiger partial charge in [-0.1, -0.05) is 52.9 Å². The van der Waals surface area contributed by atoms with Crippen LogP contribution in [0.3, 0.4) is 0 Å². The maximum absolute atomic E-state index is 13.3. The number of benzene rings is 4. The van der Waals surface area contributed by atoms with Crippen LogP contribution in [0.5, 0.6) is 5.75 Å². The van der Waals surface area contributed by atoms with Gasteiger partial charge in [-0.25, -0.2) is 17.8 Å². The quantitative estimate of drug-likeness (QED) is 0.291. The van der Waals surface area contributed by atoms with Crippen LogP contribution in [0.2, 0.25) is 0 Å². The number of nitrogens with zero attached hydrogens (tertiary/aromatic N) is 7. The molecule has 0 atom stereocenters. The van der Waals surface area contributed by atoms with E-state index in [1.165, 1.54) is 0 Å². The smallest absolute Gasteiger partial charge is 0.261 e. The van der Waals surface area contributed by atoms with Crippen molar-refractivity contribution >= 4 is 43.5 Å². The van der Waals surface area contributed by atoms with E-state index in [0.29, 0.717) is 17.1 Å². The monoisotopic (exact) mass is 540 g/mol. The first-order valence-electron chi connectivity index (χ1n) is 12.1. The molecule has 4 aromatic carbocycles. The van der Waals surface area contributed by atoms with Crippen LogP contribution in [-0.2, 0) is 23.4 Å². The standard InChI is InChI=1S/C27H24N8O3S/c1-38-20-15-16-24(30-39(36,37)21-9-3-2-4-10-21)27(17-20)33(18-34-25-13-7-5-11-22(25)28-31-34)19-35-26-14-8-6-12-23(26)29-32-35/h2-17,30H,18-19H2,1H3. The summed E-state index contributed by atoms with van der Waals surface area (Å²) in [5.74, 6) is 0.560. The van der Waals surface area contributed by atoms with E-state index >= 15 is 0 Å². The van der Waals surface area contributed by atoms with E-state index in [1.807, 2.05) is 53.4 Å². The van der Waals surface area contributed by atoms with Crippen molar-refractivity contribution in [3.8, 4) is 5.75 Å². The Balaban J connectivity index is 1.46. The lowest BCUT2D eigenvalue weighted by Gasteiger charge is -2.27. The maximum Gasteiger partial charge on any atom is 0.261 e. The Morgan fingerprint density at radius 3 is 1.92 bits per heavy atom. The van der Waals surface area contributed by atoms with Crippen molar-refractivity contribution in [2.75, 3.05) is 16.7 Å². The van der Waals surface area contributed by atoms with Crippen LogP contribution in [0.15, 0.2) is 102 Å². The molecule has 11 nitrogen and oxygen atoms in total. The SMILES string of the molecule is COc1ccc(NS(=O)(=O)c2ccccc2)c(N(Cn2nnc3ccccc32)Cn2nnc3ccccc32)c1. The van der Waals surface area contributed by atoms with Gasteiger partial charge in [-0.2, -0.15) is 0 Å². The Morgan fingerprint density at radius 2 is 1.33 bits per heavy atom. The highest BCUT2D eigenvalue weighted by Crippen LogP contribution is 2.33. The van der Waals surface area contributed by atoms with Crippen LogP contribution >= 0.6 is 0 Å². The number of para-hydroxylation sites is 2. The van der Waals surface area contributed by atoms with Gasteiger partial charge in [-0.05, 0) is 48.5 Å². The predicted octanol–water partition coefficient (Wildman–Crippen LogP) is 4.11. The summed E-state index contributed by atoms with van der Waals surface area (Å²) in [6, 6.07) is 28.7. The van der Waals surface area contributed by atoms with Gasteiger partial charge in [-0.15, -0.1) is 10.2 Å². The number of hydrogen-bond acceptors (Lipinski definition) is 8. The minimum absolute atomic E-state index is 0.155. The number of methoxy groups -OCH3 is 1. The molecule has 0 unspecified atom stereocenters. The fourth-order valence-corrected chi connectivity index (χ4v) is 5.45. The molecular formula is C27H24N8O3S. The Morgan fingerprint density at radius 1 is 0.769 bits per heavy atom. The molecule has 12 heteroatoms. The second-order valence-electron chi connectivity index (χ2n) is 8.78. The molecule has 1 N–H and O–H groups in total. The van der Waals surface area contributed by atoms with Crippen molar-refractivity contribution in [1.82, 2.24) is 30.0 Å². The van der Waals surface area contributed by atoms with Crippen LogP contribution < -0.4 is 14.4 Å². The van der Waals surface area contributed by atoms with Gasteiger partial charge in [0.05, 0.1) is 34.4 Å². The van der Waals surface area contributed by atoms with E-state index in [1.54, 1.807) is 65.0 Å². The molecule has 2 heterocycles. The molecular weight excluding hydrogens is 516 g/mol. The highest BCUT2D eigenvalue weighted by Gasteiger charge is 2.22. The Hall–Kier alpha value is -4.97. The van der Waals surface area contributed by atoms with E-state index in [-0.39, 0.29) is 18.2 Å². The summed E-state index contributed by atoms with van der Waals surface area (Å²) < 4.78 is 38.4. The number of anilines is 2. The Bertz CT molecular complexity index is 1790. The summed E-state index contributed by atoms with van der Waals surface area (Å²) in [5.41, 5.74) is 4.10. The number of hydrogen-bond donors (Lipinski definition) is 1. The number of nitrogens with one attached hydrogen (secondary N) is 1. The van der Waals surface area contributed by atoms with E-state index in [4.69, 9.17) is 4.74 Å². The Labute approximate surface area is 224 Å². The second-order valence-corrected chi connectivity index (χ2v) is 10.5. The number of sulfonamides is 1. The molecule has 0 spiro atoms. The van der Waals surface area contributed by atoms with E-state index in [0.717, 1.165) is 22.1 Å². The first-order chi connectivity index (χ1) is 19.0. The van der Waals surface area contributed by atoms with Crippen molar-refractivity contribution < 1.29 is 13.2 Å². The van der Waals surface area contributed by atoms with Crippen molar-refractivity contribution in [3.05, 3.63) is 97.1 Å². The molecule has 0 radical (unpaired) electrons. The molecule has 0 aliphatic rings. The van der Waals surface area contributed by atoms with Crippen molar-refractivity contribution in [2.24, 2.45) is 0 Å². The molecule has 2 aromatic heterocycles.